The molecule has 25 heavy (non-hydrogen) atoms. The number of methoxy groups -OCH3 is 2. The van der Waals surface area contributed by atoms with Crippen LogP contribution in [0.25, 0.3) is 0 Å². The van der Waals surface area contributed by atoms with Crippen molar-refractivity contribution in [1.29, 1.82) is 0 Å². The molecule has 1 heterocycles. The van der Waals surface area contributed by atoms with Crippen LogP contribution in [-0.2, 0) is 0 Å². The van der Waals surface area contributed by atoms with Crippen LogP contribution in [0.2, 0.25) is 0 Å². The average molecular weight is 346 g/mol. The first kappa shape index (κ1) is 18.2. The van der Waals surface area contributed by atoms with Gasteiger partial charge in [-0.2, -0.15) is 0 Å². The molecule has 2 rings (SSSR count). The molecular weight excluding hydrogens is 328 g/mol. The molecule has 1 aromatic heterocycles. The maximum atomic E-state index is 12.9. The number of benzene rings is 1. The fourth-order valence-corrected chi connectivity index (χ4v) is 2.65. The van der Waals surface area contributed by atoms with Crippen LogP contribution in [0.5, 0.6) is 11.5 Å². The Morgan fingerprint density at radius 3 is 1.96 bits per heavy atom. The van der Waals surface area contributed by atoms with Crippen LogP contribution < -0.4 is 15.2 Å². The number of carbonyl (C=O) groups is 3. The van der Waals surface area contributed by atoms with Gasteiger partial charge in [0.2, 0.25) is 17.6 Å². The van der Waals surface area contributed by atoms with Crippen LogP contribution in [0.3, 0.4) is 0 Å². The molecular formula is C17H18N2O6. The van der Waals surface area contributed by atoms with E-state index in [0.29, 0.717) is 16.1 Å². The van der Waals surface area contributed by atoms with Gasteiger partial charge in [0.1, 0.15) is 5.69 Å². The topological polar surface area (TPSA) is 96.6 Å². The van der Waals surface area contributed by atoms with Gasteiger partial charge in [-0.3, -0.25) is 14.4 Å². The Bertz CT molecular complexity index is 935. The molecule has 0 bridgehead atoms. The lowest BCUT2D eigenvalue weighted by molar-refractivity contribution is 0.0905. The predicted molar refractivity (Wildman–Crippen MR) is 89.0 cm³/mol. The highest BCUT2D eigenvalue weighted by molar-refractivity contribution is 6.11. The van der Waals surface area contributed by atoms with Crippen molar-refractivity contribution < 1.29 is 23.9 Å². The number of hydrogen-bond donors (Lipinski definition) is 0. The third kappa shape index (κ3) is 2.98. The van der Waals surface area contributed by atoms with Crippen molar-refractivity contribution in [2.24, 2.45) is 0 Å². The lowest BCUT2D eigenvalue weighted by Gasteiger charge is -2.10. The molecule has 2 aromatic rings. The fraction of sp³-hybridized carbons (Fsp3) is 0.294. The second-order valence-corrected chi connectivity index (χ2v) is 5.32. The van der Waals surface area contributed by atoms with E-state index >= 15 is 0 Å². The van der Waals surface area contributed by atoms with Gasteiger partial charge in [-0.05, 0) is 25.1 Å². The van der Waals surface area contributed by atoms with E-state index in [1.165, 1.54) is 40.2 Å². The van der Waals surface area contributed by atoms with Gasteiger partial charge in [-0.15, -0.1) is 0 Å². The molecule has 0 radical (unpaired) electrons. The Labute approximate surface area is 143 Å². The van der Waals surface area contributed by atoms with Gasteiger partial charge in [0.25, 0.3) is 0 Å². The number of aromatic nitrogens is 2. The van der Waals surface area contributed by atoms with Crippen molar-refractivity contribution in [2.75, 3.05) is 14.2 Å². The van der Waals surface area contributed by atoms with E-state index in [-0.39, 0.29) is 17.0 Å². The highest BCUT2D eigenvalue weighted by atomic mass is 16.5. The summed E-state index contributed by atoms with van der Waals surface area (Å²) in [6.45, 7) is 3.77. The summed E-state index contributed by atoms with van der Waals surface area (Å²) in [7, 11) is 2.89. The summed E-state index contributed by atoms with van der Waals surface area (Å²) in [6, 6.07) is 4.48. The zero-order valence-corrected chi connectivity index (χ0v) is 14.6. The molecule has 8 nitrogen and oxygen atoms in total. The molecule has 0 amide bonds. The summed E-state index contributed by atoms with van der Waals surface area (Å²) in [5.41, 5.74) is -0.717. The summed E-state index contributed by atoms with van der Waals surface area (Å²) in [6.07, 6.45) is 0. The quantitative estimate of drug-likeness (QED) is 0.779. The van der Waals surface area contributed by atoms with E-state index in [1.54, 1.807) is 6.07 Å². The van der Waals surface area contributed by atoms with Crippen LogP contribution in [0.15, 0.2) is 23.0 Å². The highest BCUT2D eigenvalue weighted by Crippen LogP contribution is 2.28. The Kier molecular flexibility index (Phi) is 4.92. The minimum absolute atomic E-state index is 0.104. The van der Waals surface area contributed by atoms with Gasteiger partial charge in [0.05, 0.1) is 19.9 Å². The largest absolute Gasteiger partial charge is 0.493 e. The monoisotopic (exact) mass is 346 g/mol. The van der Waals surface area contributed by atoms with Gasteiger partial charge < -0.3 is 9.47 Å². The molecule has 1 aromatic carbocycles. The number of ether oxygens (including phenoxy) is 2. The zero-order chi connectivity index (χ0) is 18.9. The molecule has 0 saturated heterocycles. The van der Waals surface area contributed by atoms with E-state index in [1.807, 2.05) is 0 Å². The van der Waals surface area contributed by atoms with Gasteiger partial charge in [-0.1, -0.05) is 0 Å². The summed E-state index contributed by atoms with van der Waals surface area (Å²) in [4.78, 5) is 48.8. The van der Waals surface area contributed by atoms with E-state index in [0.717, 1.165) is 11.5 Å². The van der Waals surface area contributed by atoms with Crippen molar-refractivity contribution >= 4 is 17.6 Å². The molecule has 0 unspecified atom stereocenters. The van der Waals surface area contributed by atoms with Crippen LogP contribution in [0, 0.1) is 6.92 Å². The smallest absolute Gasteiger partial charge is 0.342 e. The van der Waals surface area contributed by atoms with Gasteiger partial charge >= 0.3 is 5.69 Å². The van der Waals surface area contributed by atoms with Crippen molar-refractivity contribution in [3.05, 3.63) is 45.6 Å². The molecule has 0 atom stereocenters. The normalized spacial score (nSPS) is 10.4. The van der Waals surface area contributed by atoms with Crippen molar-refractivity contribution in [1.82, 2.24) is 9.13 Å². The molecule has 8 heteroatoms. The third-order valence-corrected chi connectivity index (χ3v) is 3.77. The van der Waals surface area contributed by atoms with Crippen LogP contribution in [0.1, 0.15) is 45.2 Å². The van der Waals surface area contributed by atoms with Crippen LogP contribution in [0.4, 0.5) is 0 Å². The van der Waals surface area contributed by atoms with E-state index < -0.39 is 23.3 Å². The van der Waals surface area contributed by atoms with E-state index in [9.17, 15) is 19.2 Å². The fourth-order valence-electron chi connectivity index (χ4n) is 2.65. The summed E-state index contributed by atoms with van der Waals surface area (Å²) < 4.78 is 11.8. The molecule has 0 aliphatic carbocycles. The molecule has 0 N–H and O–H groups in total. The standard InChI is InChI=1S/C17H18N2O6/c1-9-15(19(11(3)21)17(23)18(9)10(2)20)16(22)12-6-7-13(24-4)14(8-12)25-5/h6-8H,1-5H3. The molecule has 0 saturated carbocycles. The van der Waals surface area contributed by atoms with Crippen LogP contribution >= 0.6 is 0 Å². The Morgan fingerprint density at radius 2 is 1.48 bits per heavy atom. The summed E-state index contributed by atoms with van der Waals surface area (Å²) in [5.74, 6) is -1.05. The molecule has 0 spiro atoms. The van der Waals surface area contributed by atoms with Crippen molar-refractivity contribution in [3.63, 3.8) is 0 Å². The first-order valence-electron chi connectivity index (χ1n) is 7.37. The van der Waals surface area contributed by atoms with Crippen LogP contribution in [-0.4, -0.2) is 41.0 Å². The summed E-state index contributed by atoms with van der Waals surface area (Å²) in [5, 5.41) is 0. The average Bonchev–Trinajstić information content (AvgIpc) is 2.84. The SMILES string of the molecule is COc1ccc(C(=O)c2c(C)n(C(C)=O)c(=O)n2C(C)=O)cc1OC. The van der Waals surface area contributed by atoms with Gasteiger partial charge in [0, 0.05) is 19.4 Å². The minimum Gasteiger partial charge on any atom is -0.493 e. The number of rotatable bonds is 4. The number of imidazole rings is 1. The zero-order valence-electron chi connectivity index (χ0n) is 14.6. The molecule has 0 aliphatic heterocycles. The maximum Gasteiger partial charge on any atom is 0.342 e. The summed E-state index contributed by atoms with van der Waals surface area (Å²) >= 11 is 0. The second kappa shape index (κ2) is 6.76. The minimum atomic E-state index is -0.860. The Balaban J connectivity index is 2.72. The predicted octanol–water partition coefficient (Wildman–Crippen LogP) is 1.53. The number of hydrogen-bond acceptors (Lipinski definition) is 6. The Morgan fingerprint density at radius 1 is 0.920 bits per heavy atom. The third-order valence-electron chi connectivity index (χ3n) is 3.77. The van der Waals surface area contributed by atoms with Crippen molar-refractivity contribution in [2.45, 2.75) is 20.8 Å². The Hall–Kier alpha value is -3.16. The number of carbonyl (C=O) groups excluding carboxylic acids is 3. The maximum absolute atomic E-state index is 12.9. The number of nitrogens with zero attached hydrogens (tertiary/aromatic N) is 2. The molecule has 132 valence electrons. The first-order chi connectivity index (χ1) is 11.7. The second-order valence-electron chi connectivity index (χ2n) is 5.32. The van der Waals surface area contributed by atoms with E-state index in [4.69, 9.17) is 9.47 Å². The first-order valence-corrected chi connectivity index (χ1v) is 7.37. The van der Waals surface area contributed by atoms with Crippen molar-refractivity contribution in [3.8, 4) is 11.5 Å². The molecule has 0 fully saturated rings. The highest BCUT2D eigenvalue weighted by Gasteiger charge is 2.27. The lowest BCUT2D eigenvalue weighted by atomic mass is 10.1. The van der Waals surface area contributed by atoms with Gasteiger partial charge in [0.15, 0.2) is 11.5 Å². The van der Waals surface area contributed by atoms with E-state index in [2.05, 4.69) is 0 Å². The lowest BCUT2D eigenvalue weighted by Crippen LogP contribution is -2.31. The number of ketones is 1. The molecule has 0 aliphatic rings. The van der Waals surface area contributed by atoms with Gasteiger partial charge in [-0.25, -0.2) is 13.9 Å².